The number of benzene rings is 1. The average molecular weight is 369 g/mol. The van der Waals surface area contributed by atoms with Gasteiger partial charge in [-0.25, -0.2) is 9.78 Å². The minimum Gasteiger partial charge on any atom is -0.490 e. The highest BCUT2D eigenvalue weighted by Gasteiger charge is 2.20. The zero-order valence-electron chi connectivity index (χ0n) is 14.0. The molecule has 2 aromatic heterocycles. The molecule has 0 saturated heterocycles. The van der Waals surface area contributed by atoms with Crippen LogP contribution in [0.2, 0.25) is 0 Å². The van der Waals surface area contributed by atoms with Crippen molar-refractivity contribution in [3.05, 3.63) is 57.5 Å². The molecule has 0 unspecified atom stereocenters. The van der Waals surface area contributed by atoms with Gasteiger partial charge in [0.1, 0.15) is 41.5 Å². The van der Waals surface area contributed by atoms with E-state index in [9.17, 15) is 9.59 Å². The maximum Gasteiger partial charge on any atom is 0.348 e. The molecule has 0 spiro atoms. The van der Waals surface area contributed by atoms with Crippen molar-refractivity contribution in [3.8, 4) is 11.8 Å². The van der Waals surface area contributed by atoms with Crippen LogP contribution in [0.15, 0.2) is 41.5 Å². The van der Waals surface area contributed by atoms with E-state index in [1.54, 1.807) is 6.92 Å². The van der Waals surface area contributed by atoms with Crippen LogP contribution in [0.1, 0.15) is 15.2 Å². The van der Waals surface area contributed by atoms with E-state index < -0.39 is 5.97 Å². The van der Waals surface area contributed by atoms with Crippen molar-refractivity contribution < 1.29 is 14.3 Å². The Balaban J connectivity index is 1.70. The maximum absolute atomic E-state index is 12.4. The zero-order chi connectivity index (χ0) is 18.5. The first kappa shape index (κ1) is 17.6. The summed E-state index contributed by atoms with van der Waals surface area (Å²) < 4.78 is 11.9. The van der Waals surface area contributed by atoms with Gasteiger partial charge in [-0.2, -0.15) is 5.26 Å². The number of nitrogens with zero attached hydrogens (tertiary/aromatic N) is 3. The lowest BCUT2D eigenvalue weighted by Gasteiger charge is -2.06. The summed E-state index contributed by atoms with van der Waals surface area (Å²) in [6.45, 7) is 1.91. The van der Waals surface area contributed by atoms with Crippen LogP contribution in [0.5, 0.6) is 5.75 Å². The molecular weight excluding hydrogens is 354 g/mol. The van der Waals surface area contributed by atoms with Crippen LogP contribution in [-0.4, -0.2) is 28.7 Å². The van der Waals surface area contributed by atoms with E-state index in [0.29, 0.717) is 26.4 Å². The number of para-hydroxylation sites is 1. The predicted molar refractivity (Wildman–Crippen MR) is 96.4 cm³/mol. The summed E-state index contributed by atoms with van der Waals surface area (Å²) in [5, 5.41) is 9.11. The standard InChI is InChI=1S/C18H15N3O4S/c1-12-14-16(20-11-21(8-7-19)17(14)22)26-15(12)18(23)25-10-9-24-13-5-3-2-4-6-13/h2-6,11H,8-10H2,1H3. The second-order valence-corrected chi connectivity index (χ2v) is 6.37. The van der Waals surface area contributed by atoms with Gasteiger partial charge in [0.2, 0.25) is 0 Å². The maximum atomic E-state index is 12.4. The molecule has 8 heteroatoms. The number of carbonyl (C=O) groups is 1. The Morgan fingerprint density at radius 3 is 2.81 bits per heavy atom. The van der Waals surface area contributed by atoms with Crippen molar-refractivity contribution in [1.82, 2.24) is 9.55 Å². The predicted octanol–water partition coefficient (Wildman–Crippen LogP) is 2.53. The first-order valence-electron chi connectivity index (χ1n) is 7.82. The third-order valence-corrected chi connectivity index (χ3v) is 4.85. The molecule has 132 valence electrons. The van der Waals surface area contributed by atoms with Gasteiger partial charge in [0.15, 0.2) is 0 Å². The van der Waals surface area contributed by atoms with E-state index in [1.165, 1.54) is 10.9 Å². The number of aryl methyl sites for hydroxylation is 1. The van der Waals surface area contributed by atoms with E-state index in [1.807, 2.05) is 36.4 Å². The highest BCUT2D eigenvalue weighted by atomic mass is 32.1. The fourth-order valence-corrected chi connectivity index (χ4v) is 3.45. The molecule has 7 nitrogen and oxygen atoms in total. The quantitative estimate of drug-likeness (QED) is 0.489. The zero-order valence-corrected chi connectivity index (χ0v) is 14.8. The van der Waals surface area contributed by atoms with E-state index in [0.717, 1.165) is 11.3 Å². The molecule has 0 bridgehead atoms. The first-order chi connectivity index (χ1) is 12.6. The van der Waals surface area contributed by atoms with E-state index in [-0.39, 0.29) is 25.3 Å². The SMILES string of the molecule is Cc1c(C(=O)OCCOc2ccccc2)sc2ncn(CC#N)c(=O)c12. The van der Waals surface area contributed by atoms with Crippen LogP contribution >= 0.6 is 11.3 Å². The Morgan fingerprint density at radius 1 is 1.31 bits per heavy atom. The molecule has 0 saturated carbocycles. The summed E-state index contributed by atoms with van der Waals surface area (Å²) in [6.07, 6.45) is 1.31. The van der Waals surface area contributed by atoms with Crippen LogP contribution in [0, 0.1) is 18.3 Å². The number of esters is 1. The molecule has 3 rings (SSSR count). The van der Waals surface area contributed by atoms with Gasteiger partial charge in [-0.05, 0) is 24.6 Å². The molecule has 0 amide bonds. The number of hydrogen-bond donors (Lipinski definition) is 0. The molecule has 0 aliphatic heterocycles. The smallest absolute Gasteiger partial charge is 0.348 e. The van der Waals surface area contributed by atoms with Crippen molar-refractivity contribution in [1.29, 1.82) is 5.26 Å². The van der Waals surface area contributed by atoms with Crippen LogP contribution in [0.4, 0.5) is 0 Å². The molecule has 0 N–H and O–H groups in total. The lowest BCUT2D eigenvalue weighted by atomic mass is 10.2. The van der Waals surface area contributed by atoms with Crippen molar-refractivity contribution in [2.24, 2.45) is 0 Å². The number of carbonyl (C=O) groups excluding carboxylic acids is 1. The topological polar surface area (TPSA) is 94.2 Å². The van der Waals surface area contributed by atoms with Gasteiger partial charge in [0, 0.05) is 0 Å². The van der Waals surface area contributed by atoms with Crippen molar-refractivity contribution in [2.45, 2.75) is 13.5 Å². The number of nitriles is 1. The van der Waals surface area contributed by atoms with E-state index in [4.69, 9.17) is 14.7 Å². The van der Waals surface area contributed by atoms with Gasteiger partial charge in [0.25, 0.3) is 5.56 Å². The molecule has 0 radical (unpaired) electrons. The van der Waals surface area contributed by atoms with Gasteiger partial charge in [0.05, 0.1) is 11.5 Å². The van der Waals surface area contributed by atoms with Crippen LogP contribution < -0.4 is 10.3 Å². The molecule has 0 atom stereocenters. The van der Waals surface area contributed by atoms with Gasteiger partial charge in [-0.1, -0.05) is 18.2 Å². The Kier molecular flexibility index (Phi) is 5.29. The average Bonchev–Trinajstić information content (AvgIpc) is 2.99. The number of rotatable bonds is 6. The van der Waals surface area contributed by atoms with Crippen molar-refractivity contribution in [2.75, 3.05) is 13.2 Å². The number of fused-ring (bicyclic) bond motifs is 1. The fraction of sp³-hybridized carbons (Fsp3) is 0.222. The lowest BCUT2D eigenvalue weighted by molar-refractivity contribution is 0.0455. The monoisotopic (exact) mass is 369 g/mol. The van der Waals surface area contributed by atoms with Crippen molar-refractivity contribution >= 4 is 27.5 Å². The molecule has 1 aromatic carbocycles. The highest BCUT2D eigenvalue weighted by Crippen LogP contribution is 2.27. The lowest BCUT2D eigenvalue weighted by Crippen LogP contribution is -2.20. The third kappa shape index (κ3) is 3.58. The normalized spacial score (nSPS) is 10.5. The van der Waals surface area contributed by atoms with Gasteiger partial charge < -0.3 is 9.47 Å². The third-order valence-electron chi connectivity index (χ3n) is 3.67. The number of hydrogen-bond acceptors (Lipinski definition) is 7. The number of thiophene rings is 1. The van der Waals surface area contributed by atoms with Crippen LogP contribution in [0.25, 0.3) is 10.2 Å². The van der Waals surface area contributed by atoms with Crippen LogP contribution in [0.3, 0.4) is 0 Å². The van der Waals surface area contributed by atoms with Crippen LogP contribution in [-0.2, 0) is 11.3 Å². The number of ether oxygens (including phenoxy) is 2. The largest absolute Gasteiger partial charge is 0.490 e. The summed E-state index contributed by atoms with van der Waals surface area (Å²) in [7, 11) is 0. The summed E-state index contributed by atoms with van der Waals surface area (Å²) in [5.74, 6) is 0.178. The molecule has 2 heterocycles. The first-order valence-corrected chi connectivity index (χ1v) is 8.64. The van der Waals surface area contributed by atoms with Gasteiger partial charge in [-0.15, -0.1) is 11.3 Å². The molecule has 0 aliphatic carbocycles. The Hall–Kier alpha value is -3.18. The molecule has 0 fully saturated rings. The summed E-state index contributed by atoms with van der Waals surface area (Å²) in [6, 6.07) is 11.1. The summed E-state index contributed by atoms with van der Waals surface area (Å²) in [5.41, 5.74) is 0.181. The second kappa shape index (κ2) is 7.80. The molecular formula is C18H15N3O4S. The molecule has 3 aromatic rings. The van der Waals surface area contributed by atoms with Gasteiger partial charge >= 0.3 is 5.97 Å². The summed E-state index contributed by atoms with van der Waals surface area (Å²) in [4.78, 5) is 29.7. The van der Waals surface area contributed by atoms with E-state index in [2.05, 4.69) is 4.98 Å². The summed E-state index contributed by atoms with van der Waals surface area (Å²) >= 11 is 1.10. The minimum atomic E-state index is -0.520. The van der Waals surface area contributed by atoms with Crippen molar-refractivity contribution in [3.63, 3.8) is 0 Å². The molecule has 26 heavy (non-hydrogen) atoms. The van der Waals surface area contributed by atoms with Gasteiger partial charge in [-0.3, -0.25) is 9.36 Å². The number of aromatic nitrogens is 2. The Morgan fingerprint density at radius 2 is 2.08 bits per heavy atom. The minimum absolute atomic E-state index is 0.0896. The highest BCUT2D eigenvalue weighted by molar-refractivity contribution is 7.20. The molecule has 0 aliphatic rings. The van der Waals surface area contributed by atoms with E-state index >= 15 is 0 Å². The fourth-order valence-electron chi connectivity index (χ4n) is 2.42. The Labute approximate surface area is 153 Å². The Bertz CT molecular complexity index is 1030. The second-order valence-electron chi connectivity index (χ2n) is 5.37.